The molecule has 2 aromatic rings. The molecular formula is C25H32N4O5S2. The smallest absolute Gasteiger partial charge is 0.261 e. The van der Waals surface area contributed by atoms with Crippen molar-refractivity contribution >= 4 is 39.0 Å². The summed E-state index contributed by atoms with van der Waals surface area (Å²) >= 11 is 1.30. The van der Waals surface area contributed by atoms with Crippen LogP contribution in [0.1, 0.15) is 61.0 Å². The molecule has 11 heteroatoms. The number of rotatable bonds is 8. The Hall–Kier alpha value is -2.63. The van der Waals surface area contributed by atoms with Crippen LogP contribution in [0.4, 0.5) is 0 Å². The molecule has 4 rings (SSSR count). The van der Waals surface area contributed by atoms with Crippen LogP contribution in [0.15, 0.2) is 46.9 Å². The van der Waals surface area contributed by atoms with Crippen molar-refractivity contribution in [2.75, 3.05) is 13.1 Å². The van der Waals surface area contributed by atoms with Gasteiger partial charge in [0.2, 0.25) is 5.91 Å². The highest BCUT2D eigenvalue weighted by Crippen LogP contribution is 2.28. The number of hydrogen-bond acceptors (Lipinski definition) is 7. The molecule has 0 bridgehead atoms. The van der Waals surface area contributed by atoms with E-state index in [0.29, 0.717) is 30.1 Å². The molecular weight excluding hydrogens is 500 g/mol. The summed E-state index contributed by atoms with van der Waals surface area (Å²) in [4.78, 5) is 43.6. The summed E-state index contributed by atoms with van der Waals surface area (Å²) in [6, 6.07) is 6.53. The van der Waals surface area contributed by atoms with Gasteiger partial charge in [-0.15, -0.1) is 11.3 Å². The molecule has 1 saturated carbocycles. The van der Waals surface area contributed by atoms with Crippen molar-refractivity contribution < 1.29 is 22.8 Å². The molecule has 2 N–H and O–H groups in total. The maximum Gasteiger partial charge on any atom is 0.261 e. The lowest BCUT2D eigenvalue weighted by Gasteiger charge is -2.27. The predicted molar refractivity (Wildman–Crippen MR) is 136 cm³/mol. The van der Waals surface area contributed by atoms with E-state index in [1.807, 2.05) is 0 Å². The fraction of sp³-hybridized carbons (Fsp3) is 0.520. The summed E-state index contributed by atoms with van der Waals surface area (Å²) in [5.41, 5.74) is 0. The Morgan fingerprint density at radius 3 is 2.58 bits per heavy atom. The number of ketones is 1. The third-order valence-electron chi connectivity index (χ3n) is 6.84. The molecule has 2 fully saturated rings. The van der Waals surface area contributed by atoms with Gasteiger partial charge in [0.15, 0.2) is 10.8 Å². The molecule has 2 atom stereocenters. The Morgan fingerprint density at radius 1 is 1.08 bits per heavy atom. The van der Waals surface area contributed by atoms with E-state index < -0.39 is 28.0 Å². The number of thiophene rings is 1. The van der Waals surface area contributed by atoms with Crippen molar-refractivity contribution in [1.82, 2.24) is 19.9 Å². The summed E-state index contributed by atoms with van der Waals surface area (Å²) in [7, 11) is -3.91. The molecule has 1 aliphatic carbocycles. The van der Waals surface area contributed by atoms with Crippen molar-refractivity contribution in [3.05, 3.63) is 46.8 Å². The van der Waals surface area contributed by atoms with Crippen LogP contribution in [0.2, 0.25) is 0 Å². The van der Waals surface area contributed by atoms with E-state index in [9.17, 15) is 22.8 Å². The Labute approximate surface area is 215 Å². The fourth-order valence-electron chi connectivity index (χ4n) is 4.88. The largest absolute Gasteiger partial charge is 0.344 e. The lowest BCUT2D eigenvalue weighted by molar-refractivity contribution is -0.129. The maximum atomic E-state index is 13.3. The van der Waals surface area contributed by atoms with E-state index in [-0.39, 0.29) is 29.8 Å². The molecule has 2 amide bonds. The van der Waals surface area contributed by atoms with Gasteiger partial charge in [-0.2, -0.15) is 4.31 Å². The molecule has 2 aromatic heterocycles. The van der Waals surface area contributed by atoms with Gasteiger partial charge in [0.05, 0.1) is 17.5 Å². The molecule has 194 valence electrons. The van der Waals surface area contributed by atoms with Crippen molar-refractivity contribution in [2.45, 2.75) is 68.5 Å². The van der Waals surface area contributed by atoms with Crippen molar-refractivity contribution in [3.63, 3.8) is 0 Å². The first-order valence-electron chi connectivity index (χ1n) is 12.4. The van der Waals surface area contributed by atoms with Crippen LogP contribution in [0.5, 0.6) is 0 Å². The zero-order valence-corrected chi connectivity index (χ0v) is 21.7. The minimum Gasteiger partial charge on any atom is -0.344 e. The number of sulfonamides is 1. The number of hydrogen-bond donors (Lipinski definition) is 2. The van der Waals surface area contributed by atoms with Crippen LogP contribution in [0.3, 0.4) is 0 Å². The van der Waals surface area contributed by atoms with Gasteiger partial charge < -0.3 is 10.6 Å². The Morgan fingerprint density at radius 2 is 1.89 bits per heavy atom. The second-order valence-corrected chi connectivity index (χ2v) is 12.3. The van der Waals surface area contributed by atoms with Gasteiger partial charge in [0.1, 0.15) is 6.04 Å². The van der Waals surface area contributed by atoms with Gasteiger partial charge in [-0.1, -0.05) is 44.2 Å². The standard InChI is InChI=1S/C25H32N4O5S2/c30-21-17-29(36(33,34)23-12-4-5-13-26-23)14-6-10-19(21)27-24(31)20(16-18-8-2-1-3-9-18)28-25(32)22-11-7-15-35-22/h4-5,7,11-13,15,18-20H,1-3,6,8-10,14,16-17H2,(H,27,31)(H,28,32)/t19-,20?/m0/s1. The fourth-order valence-corrected chi connectivity index (χ4v) is 6.89. The number of pyridine rings is 1. The van der Waals surface area contributed by atoms with Crippen molar-refractivity contribution in [2.24, 2.45) is 5.92 Å². The quantitative estimate of drug-likeness (QED) is 0.539. The van der Waals surface area contributed by atoms with E-state index in [1.165, 1.54) is 30.0 Å². The molecule has 0 radical (unpaired) electrons. The van der Waals surface area contributed by atoms with Crippen LogP contribution in [-0.2, 0) is 19.6 Å². The molecule has 0 spiro atoms. The van der Waals surface area contributed by atoms with Gasteiger partial charge in [0, 0.05) is 12.7 Å². The van der Waals surface area contributed by atoms with Gasteiger partial charge in [-0.05, 0) is 48.8 Å². The second kappa shape index (κ2) is 12.1. The average molecular weight is 533 g/mol. The number of Topliss-reactive ketones (excluding diaryl/α,β-unsaturated/α-hetero) is 1. The van der Waals surface area contributed by atoms with Crippen LogP contribution in [0, 0.1) is 5.92 Å². The monoisotopic (exact) mass is 532 g/mol. The van der Waals surface area contributed by atoms with Crippen LogP contribution in [-0.4, -0.2) is 60.5 Å². The SMILES string of the molecule is O=C(NC(CC1CCCCC1)C(=O)N[C@H]1CCCN(S(=O)(=O)c2ccccn2)CC1=O)c1cccs1. The van der Waals surface area contributed by atoms with Gasteiger partial charge in [0.25, 0.3) is 15.9 Å². The molecule has 9 nitrogen and oxygen atoms in total. The van der Waals surface area contributed by atoms with Crippen LogP contribution in [0.25, 0.3) is 0 Å². The number of carbonyl (C=O) groups is 3. The molecule has 3 heterocycles. The number of nitrogens with zero attached hydrogens (tertiary/aromatic N) is 2. The van der Waals surface area contributed by atoms with E-state index in [1.54, 1.807) is 29.6 Å². The number of carbonyl (C=O) groups excluding carboxylic acids is 3. The second-order valence-electron chi connectivity index (χ2n) is 9.42. The minimum atomic E-state index is -3.91. The molecule has 0 aromatic carbocycles. The Kier molecular flexibility index (Phi) is 8.86. The zero-order valence-electron chi connectivity index (χ0n) is 20.1. The third-order valence-corrected chi connectivity index (χ3v) is 9.47. The van der Waals surface area contributed by atoms with Crippen LogP contribution >= 0.6 is 11.3 Å². The van der Waals surface area contributed by atoms with Crippen molar-refractivity contribution in [1.29, 1.82) is 0 Å². The lowest BCUT2D eigenvalue weighted by atomic mass is 9.84. The lowest BCUT2D eigenvalue weighted by Crippen LogP contribution is -2.52. The highest BCUT2D eigenvalue weighted by molar-refractivity contribution is 7.89. The van der Waals surface area contributed by atoms with E-state index >= 15 is 0 Å². The first-order valence-corrected chi connectivity index (χ1v) is 14.7. The van der Waals surface area contributed by atoms with Crippen molar-refractivity contribution in [3.8, 4) is 0 Å². The summed E-state index contributed by atoms with van der Waals surface area (Å²) < 4.78 is 27.0. The zero-order chi connectivity index (χ0) is 25.5. The number of nitrogens with one attached hydrogen (secondary N) is 2. The average Bonchev–Trinajstić information content (AvgIpc) is 3.36. The maximum absolute atomic E-state index is 13.3. The minimum absolute atomic E-state index is 0.107. The van der Waals surface area contributed by atoms with Crippen LogP contribution < -0.4 is 10.6 Å². The summed E-state index contributed by atoms with van der Waals surface area (Å²) in [6.07, 6.45) is 8.09. The van der Waals surface area contributed by atoms with Gasteiger partial charge in [-0.3, -0.25) is 14.4 Å². The van der Waals surface area contributed by atoms with E-state index in [0.717, 1.165) is 30.0 Å². The molecule has 1 saturated heterocycles. The topological polar surface area (TPSA) is 126 Å². The summed E-state index contributed by atoms with van der Waals surface area (Å²) in [5.74, 6) is -0.742. The molecule has 1 unspecified atom stereocenters. The first-order chi connectivity index (χ1) is 17.3. The highest BCUT2D eigenvalue weighted by Gasteiger charge is 2.35. The molecule has 36 heavy (non-hydrogen) atoms. The predicted octanol–water partition coefficient (Wildman–Crippen LogP) is 2.75. The molecule has 1 aliphatic heterocycles. The molecule has 2 aliphatic rings. The Balaban J connectivity index is 1.43. The first kappa shape index (κ1) is 26.4. The summed E-state index contributed by atoms with van der Waals surface area (Å²) in [5, 5.41) is 7.40. The Bertz CT molecular complexity index is 1150. The third kappa shape index (κ3) is 6.57. The van der Waals surface area contributed by atoms with Gasteiger partial charge >= 0.3 is 0 Å². The number of aromatic nitrogens is 1. The normalized spacial score (nSPS) is 20.9. The van der Waals surface area contributed by atoms with E-state index in [2.05, 4.69) is 15.6 Å². The highest BCUT2D eigenvalue weighted by atomic mass is 32.2. The summed E-state index contributed by atoms with van der Waals surface area (Å²) in [6.45, 7) is -0.170. The van der Waals surface area contributed by atoms with E-state index in [4.69, 9.17) is 0 Å². The van der Waals surface area contributed by atoms with Gasteiger partial charge in [-0.25, -0.2) is 13.4 Å². The number of amides is 2.